The van der Waals surface area contributed by atoms with Crippen LogP contribution in [0.4, 0.5) is 10.2 Å². The predicted octanol–water partition coefficient (Wildman–Crippen LogP) is 1.81. The van der Waals surface area contributed by atoms with E-state index < -0.39 is 5.82 Å². The molecule has 0 aliphatic heterocycles. The van der Waals surface area contributed by atoms with Crippen molar-refractivity contribution in [1.29, 1.82) is 0 Å². The summed E-state index contributed by atoms with van der Waals surface area (Å²) in [5.41, 5.74) is 6.73. The van der Waals surface area contributed by atoms with Crippen molar-refractivity contribution in [2.75, 3.05) is 5.73 Å². The molecule has 1 heterocycles. The first kappa shape index (κ1) is 9.51. The van der Waals surface area contributed by atoms with Gasteiger partial charge in [-0.05, 0) is 24.6 Å². The molecule has 15 heavy (non-hydrogen) atoms. The molecule has 0 spiro atoms. The number of nitrogens with one attached hydrogen (secondary N) is 1. The molecular formula is C10H10FN3O. The Kier molecular flexibility index (Phi) is 2.07. The summed E-state index contributed by atoms with van der Waals surface area (Å²) in [5.74, 6) is -0.123. The van der Waals surface area contributed by atoms with E-state index in [4.69, 9.17) is 5.73 Å². The number of benzene rings is 1. The second-order valence-electron chi connectivity index (χ2n) is 3.32. The first-order valence-electron chi connectivity index (χ1n) is 4.38. The van der Waals surface area contributed by atoms with E-state index in [1.165, 1.54) is 18.3 Å². The smallest absolute Gasteiger partial charge is 0.131 e. The monoisotopic (exact) mass is 207 g/mol. The molecule has 0 saturated carbocycles. The van der Waals surface area contributed by atoms with Crippen LogP contribution in [0.3, 0.4) is 0 Å². The number of H-pyrrole nitrogens is 1. The molecule has 4 N–H and O–H groups in total. The quantitative estimate of drug-likeness (QED) is 0.667. The number of nitrogens with two attached hydrogens (primary N) is 1. The van der Waals surface area contributed by atoms with Crippen molar-refractivity contribution in [3.63, 3.8) is 0 Å². The maximum atomic E-state index is 13.6. The lowest BCUT2D eigenvalue weighted by Gasteiger charge is -2.05. The summed E-state index contributed by atoms with van der Waals surface area (Å²) in [7, 11) is 0. The number of hydrogen-bond donors (Lipinski definition) is 3. The number of anilines is 1. The minimum atomic E-state index is -0.432. The SMILES string of the molecule is Cc1cc(F)c(-c2cn[nH]c2N)cc1O. The largest absolute Gasteiger partial charge is 0.508 e. The van der Waals surface area contributed by atoms with Crippen molar-refractivity contribution < 1.29 is 9.50 Å². The number of phenolic OH excluding ortho intramolecular Hbond substituents is 1. The van der Waals surface area contributed by atoms with Crippen LogP contribution in [0.5, 0.6) is 5.75 Å². The fourth-order valence-electron chi connectivity index (χ4n) is 1.38. The van der Waals surface area contributed by atoms with Gasteiger partial charge in [0.05, 0.1) is 6.20 Å². The Balaban J connectivity index is 2.64. The van der Waals surface area contributed by atoms with Crippen LogP contribution >= 0.6 is 0 Å². The van der Waals surface area contributed by atoms with Crippen LogP contribution in [-0.4, -0.2) is 15.3 Å². The summed E-state index contributed by atoms with van der Waals surface area (Å²) >= 11 is 0. The second-order valence-corrected chi connectivity index (χ2v) is 3.32. The Labute approximate surface area is 85.6 Å². The lowest BCUT2D eigenvalue weighted by Crippen LogP contribution is -1.91. The van der Waals surface area contributed by atoms with Gasteiger partial charge in [-0.2, -0.15) is 5.10 Å². The molecule has 0 aliphatic carbocycles. The molecule has 2 aromatic rings. The Morgan fingerprint density at radius 3 is 2.73 bits per heavy atom. The van der Waals surface area contributed by atoms with Gasteiger partial charge in [-0.15, -0.1) is 0 Å². The van der Waals surface area contributed by atoms with Crippen LogP contribution < -0.4 is 5.73 Å². The van der Waals surface area contributed by atoms with Crippen LogP contribution in [0.2, 0.25) is 0 Å². The fourth-order valence-corrected chi connectivity index (χ4v) is 1.38. The van der Waals surface area contributed by atoms with E-state index in [9.17, 15) is 9.50 Å². The minimum Gasteiger partial charge on any atom is -0.508 e. The Morgan fingerprint density at radius 1 is 1.40 bits per heavy atom. The number of aromatic nitrogens is 2. The molecule has 0 atom stereocenters. The third-order valence-electron chi connectivity index (χ3n) is 2.24. The third kappa shape index (κ3) is 1.52. The predicted molar refractivity (Wildman–Crippen MR) is 54.8 cm³/mol. The highest BCUT2D eigenvalue weighted by Gasteiger charge is 2.12. The maximum absolute atomic E-state index is 13.6. The van der Waals surface area contributed by atoms with E-state index in [-0.39, 0.29) is 17.1 Å². The number of phenols is 1. The molecule has 78 valence electrons. The van der Waals surface area contributed by atoms with Gasteiger partial charge in [0.2, 0.25) is 0 Å². The number of hydrogen-bond acceptors (Lipinski definition) is 3. The standard InChI is InChI=1S/C10H10FN3O/c1-5-2-8(11)6(3-9(5)15)7-4-13-14-10(7)12/h2-4,15H,1H3,(H3,12,13,14). The molecule has 0 fully saturated rings. The van der Waals surface area contributed by atoms with Crippen molar-refractivity contribution in [2.45, 2.75) is 6.92 Å². The number of aromatic hydroxyl groups is 1. The third-order valence-corrected chi connectivity index (χ3v) is 2.24. The van der Waals surface area contributed by atoms with Crippen molar-refractivity contribution in [3.8, 4) is 16.9 Å². The Morgan fingerprint density at radius 2 is 2.13 bits per heavy atom. The molecule has 5 heteroatoms. The normalized spacial score (nSPS) is 10.5. The molecule has 1 aromatic carbocycles. The van der Waals surface area contributed by atoms with Crippen molar-refractivity contribution >= 4 is 5.82 Å². The van der Waals surface area contributed by atoms with Crippen molar-refractivity contribution in [1.82, 2.24) is 10.2 Å². The second kappa shape index (κ2) is 3.27. The highest BCUT2D eigenvalue weighted by molar-refractivity contribution is 5.74. The molecule has 4 nitrogen and oxygen atoms in total. The number of aryl methyl sites for hydroxylation is 1. The summed E-state index contributed by atoms with van der Waals surface area (Å²) in [6, 6.07) is 2.60. The molecule has 0 aliphatic rings. The molecule has 0 amide bonds. The number of halogens is 1. The van der Waals surface area contributed by atoms with Gasteiger partial charge in [0.15, 0.2) is 0 Å². The minimum absolute atomic E-state index is 0.0343. The van der Waals surface area contributed by atoms with Crippen molar-refractivity contribution in [3.05, 3.63) is 29.7 Å². The number of nitrogen functional groups attached to an aromatic ring is 1. The lowest BCUT2D eigenvalue weighted by molar-refractivity contribution is 0.469. The van der Waals surface area contributed by atoms with Gasteiger partial charge >= 0.3 is 0 Å². The average Bonchev–Trinajstić information content (AvgIpc) is 2.58. The first-order valence-corrected chi connectivity index (χ1v) is 4.38. The summed E-state index contributed by atoms with van der Waals surface area (Å²) in [6.45, 7) is 1.63. The van der Waals surface area contributed by atoms with Crippen LogP contribution in [0.1, 0.15) is 5.56 Å². The molecule has 0 radical (unpaired) electrons. The summed E-state index contributed by atoms with van der Waals surface area (Å²) in [6.07, 6.45) is 1.42. The maximum Gasteiger partial charge on any atom is 0.131 e. The van der Waals surface area contributed by atoms with E-state index in [2.05, 4.69) is 10.2 Å². The summed E-state index contributed by atoms with van der Waals surface area (Å²) < 4.78 is 13.6. The Hall–Kier alpha value is -2.04. The zero-order valence-electron chi connectivity index (χ0n) is 8.08. The number of rotatable bonds is 1. The average molecular weight is 207 g/mol. The molecule has 0 unspecified atom stereocenters. The van der Waals surface area contributed by atoms with Crippen LogP contribution in [0.25, 0.3) is 11.1 Å². The van der Waals surface area contributed by atoms with Gasteiger partial charge in [0.1, 0.15) is 17.4 Å². The highest BCUT2D eigenvalue weighted by atomic mass is 19.1. The van der Waals surface area contributed by atoms with E-state index in [0.29, 0.717) is 11.1 Å². The number of nitrogens with zero attached hydrogens (tertiary/aromatic N) is 1. The van der Waals surface area contributed by atoms with Gasteiger partial charge in [-0.1, -0.05) is 0 Å². The molecule has 2 rings (SSSR count). The zero-order chi connectivity index (χ0) is 11.0. The van der Waals surface area contributed by atoms with Crippen LogP contribution in [0.15, 0.2) is 18.3 Å². The fraction of sp³-hybridized carbons (Fsp3) is 0.100. The molecule has 0 saturated heterocycles. The van der Waals surface area contributed by atoms with Gasteiger partial charge in [0.25, 0.3) is 0 Å². The number of aromatic amines is 1. The lowest BCUT2D eigenvalue weighted by atomic mass is 10.1. The van der Waals surface area contributed by atoms with Crippen molar-refractivity contribution in [2.24, 2.45) is 0 Å². The highest BCUT2D eigenvalue weighted by Crippen LogP contribution is 2.31. The molecule has 1 aromatic heterocycles. The summed E-state index contributed by atoms with van der Waals surface area (Å²) in [5, 5.41) is 15.7. The Bertz CT molecular complexity index is 507. The van der Waals surface area contributed by atoms with Gasteiger partial charge < -0.3 is 10.8 Å². The van der Waals surface area contributed by atoms with Gasteiger partial charge in [-0.25, -0.2) is 4.39 Å². The molecular weight excluding hydrogens is 197 g/mol. The van der Waals surface area contributed by atoms with E-state index >= 15 is 0 Å². The summed E-state index contributed by atoms with van der Waals surface area (Å²) in [4.78, 5) is 0. The molecule has 0 bridgehead atoms. The topological polar surface area (TPSA) is 74.9 Å². The van der Waals surface area contributed by atoms with E-state index in [0.717, 1.165) is 0 Å². The van der Waals surface area contributed by atoms with Crippen LogP contribution in [-0.2, 0) is 0 Å². The zero-order valence-corrected chi connectivity index (χ0v) is 8.08. The van der Waals surface area contributed by atoms with E-state index in [1.807, 2.05) is 0 Å². The van der Waals surface area contributed by atoms with Gasteiger partial charge in [-0.3, -0.25) is 5.10 Å². The van der Waals surface area contributed by atoms with Gasteiger partial charge in [0, 0.05) is 11.1 Å². The van der Waals surface area contributed by atoms with E-state index in [1.54, 1.807) is 6.92 Å². The van der Waals surface area contributed by atoms with Crippen LogP contribution in [0, 0.1) is 12.7 Å². The first-order chi connectivity index (χ1) is 7.09.